The second-order valence-corrected chi connectivity index (χ2v) is 14.0. The highest BCUT2D eigenvalue weighted by Gasteiger charge is 2.23. The van der Waals surface area contributed by atoms with Crippen LogP contribution in [0.15, 0.2) is 57.5 Å². The number of carbonyl (C=O) groups is 4. The Morgan fingerprint density at radius 1 is 0.652 bits per heavy atom. The van der Waals surface area contributed by atoms with Crippen LogP contribution in [0.25, 0.3) is 0 Å². The van der Waals surface area contributed by atoms with Crippen LogP contribution >= 0.6 is 40.1 Å². The Bertz CT molecular complexity index is 1200. The van der Waals surface area contributed by atoms with E-state index >= 15 is 0 Å². The summed E-state index contributed by atoms with van der Waals surface area (Å²) in [6, 6.07) is 11.5. The molecule has 16 heteroatoms. The lowest BCUT2D eigenvalue weighted by atomic mass is 10.0. The lowest BCUT2D eigenvalue weighted by Gasteiger charge is -2.21. The molecule has 0 aliphatic rings. The molecule has 0 fully saturated rings. The number of rotatable bonds is 18. The van der Waals surface area contributed by atoms with Crippen molar-refractivity contribution in [3.63, 3.8) is 0 Å². The third kappa shape index (κ3) is 16.5. The molecule has 254 valence electrons. The van der Waals surface area contributed by atoms with Gasteiger partial charge >= 0.3 is 20.3 Å². The van der Waals surface area contributed by atoms with Crippen molar-refractivity contribution >= 4 is 75.4 Å². The van der Waals surface area contributed by atoms with Gasteiger partial charge in [-0.2, -0.15) is 0 Å². The highest BCUT2D eigenvalue weighted by atomic mass is 79.9. The predicted molar refractivity (Wildman–Crippen MR) is 186 cm³/mol. The average Bonchev–Trinajstić information content (AvgIpc) is 2.98. The first-order valence-corrected chi connectivity index (χ1v) is 17.6. The van der Waals surface area contributed by atoms with E-state index < -0.39 is 44.2 Å². The number of hydrogen-bond acceptors (Lipinski definition) is 7. The van der Waals surface area contributed by atoms with Gasteiger partial charge in [-0.15, -0.1) is 0 Å². The summed E-state index contributed by atoms with van der Waals surface area (Å²) in [5, 5.41) is 16.1. The summed E-state index contributed by atoms with van der Waals surface area (Å²) >= 11 is 6.68. The summed E-state index contributed by atoms with van der Waals surface area (Å²) in [7, 11) is -2.89. The minimum Gasteiger partial charge on any atom is -0.352 e. The number of benzene rings is 2. The van der Waals surface area contributed by atoms with Gasteiger partial charge in [0.25, 0.3) is 0 Å². The van der Waals surface area contributed by atoms with Gasteiger partial charge in [0.15, 0.2) is 0 Å². The third-order valence-electron chi connectivity index (χ3n) is 6.10. The fourth-order valence-electron chi connectivity index (χ4n) is 4.03. The zero-order valence-electron chi connectivity index (χ0n) is 26.3. The van der Waals surface area contributed by atoms with Crippen LogP contribution in [0.4, 0.5) is 21.0 Å². The number of nitrogens with one attached hydrogen (secondary N) is 6. The highest BCUT2D eigenvalue weighted by molar-refractivity contribution is 9.10. The smallest absolute Gasteiger partial charge is 0.319 e. The van der Waals surface area contributed by atoms with E-state index in [0.29, 0.717) is 24.2 Å². The SMILES string of the molecule is CC(C)C[C@H](NC(=O)Nc1ccc(Br)cc1)C(=O)NCCO[PH](=O)OCCNC(=O)[C@H](CC(C)C)NC(=O)Nc1ccc(Br)cc1. The molecule has 2 aromatic carbocycles. The van der Waals surface area contributed by atoms with Crippen molar-refractivity contribution < 1.29 is 32.8 Å². The van der Waals surface area contributed by atoms with E-state index in [2.05, 4.69) is 63.8 Å². The van der Waals surface area contributed by atoms with Crippen molar-refractivity contribution in [1.29, 1.82) is 0 Å². The van der Waals surface area contributed by atoms with Crippen LogP contribution in [0.2, 0.25) is 0 Å². The standard InChI is InChI=1S/C30H43Br2N6O7P/c1-19(2)17-25(37-29(41)35-23-9-5-21(31)6-10-23)27(39)33-13-15-44-46(43)45-16-14-34-28(40)26(18-20(3)4)38-30(42)36-24-11-7-22(32)8-12-24/h5-12,19-20,25-26,46H,13-18H2,1-4H3,(H,33,39)(H,34,40)(H2,35,37,41)(H2,36,38,42)/t25-,26-/m0/s1. The van der Waals surface area contributed by atoms with Gasteiger partial charge in [0.05, 0.1) is 13.2 Å². The van der Waals surface area contributed by atoms with Gasteiger partial charge < -0.3 is 40.9 Å². The number of anilines is 2. The van der Waals surface area contributed by atoms with Crippen LogP contribution in [0.3, 0.4) is 0 Å². The summed E-state index contributed by atoms with van der Waals surface area (Å²) in [5.41, 5.74) is 1.16. The lowest BCUT2D eigenvalue weighted by molar-refractivity contribution is -0.124. The van der Waals surface area contributed by atoms with E-state index in [1.165, 1.54) is 0 Å². The summed E-state index contributed by atoms with van der Waals surface area (Å²) in [4.78, 5) is 50.4. The molecule has 2 atom stereocenters. The molecule has 0 aliphatic carbocycles. The topological polar surface area (TPSA) is 176 Å². The van der Waals surface area contributed by atoms with Gasteiger partial charge in [-0.25, -0.2) is 9.59 Å². The van der Waals surface area contributed by atoms with Crippen LogP contribution < -0.4 is 31.9 Å². The van der Waals surface area contributed by atoms with E-state index in [0.717, 1.165) is 8.95 Å². The summed E-state index contributed by atoms with van der Waals surface area (Å²) in [6.07, 6.45) is 0.824. The second kappa shape index (κ2) is 21.0. The van der Waals surface area contributed by atoms with Crippen molar-refractivity contribution in [3.05, 3.63) is 57.5 Å². The largest absolute Gasteiger partial charge is 0.352 e. The Kier molecular flexibility index (Phi) is 17.9. The minimum atomic E-state index is -2.89. The quantitative estimate of drug-likeness (QED) is 0.0837. The minimum absolute atomic E-state index is 0.0464. The first-order chi connectivity index (χ1) is 21.8. The van der Waals surface area contributed by atoms with E-state index in [1.807, 2.05) is 27.7 Å². The van der Waals surface area contributed by atoms with Crippen molar-refractivity contribution in [2.24, 2.45) is 11.8 Å². The molecule has 6 N–H and O–H groups in total. The Morgan fingerprint density at radius 3 is 1.33 bits per heavy atom. The third-order valence-corrected chi connectivity index (χ3v) is 8.04. The van der Waals surface area contributed by atoms with E-state index in [4.69, 9.17) is 9.05 Å². The van der Waals surface area contributed by atoms with Crippen LogP contribution in [0.5, 0.6) is 0 Å². The van der Waals surface area contributed by atoms with Crippen LogP contribution in [0.1, 0.15) is 40.5 Å². The van der Waals surface area contributed by atoms with Crippen LogP contribution in [-0.4, -0.2) is 62.3 Å². The number of urea groups is 2. The van der Waals surface area contributed by atoms with Gasteiger partial charge in [-0.05, 0) is 73.2 Å². The van der Waals surface area contributed by atoms with Gasteiger partial charge in [0.1, 0.15) is 12.1 Å². The number of hydrogen-bond donors (Lipinski definition) is 6. The molecular formula is C30H43Br2N6O7P. The van der Waals surface area contributed by atoms with Gasteiger partial charge in [0, 0.05) is 33.4 Å². The molecule has 0 radical (unpaired) electrons. The van der Waals surface area contributed by atoms with E-state index in [1.54, 1.807) is 48.5 Å². The summed E-state index contributed by atoms with van der Waals surface area (Å²) in [5.74, 6) is -0.532. The van der Waals surface area contributed by atoms with Crippen molar-refractivity contribution in [1.82, 2.24) is 21.3 Å². The first kappa shape index (κ1) is 39.2. The second-order valence-electron chi connectivity index (χ2n) is 11.1. The molecule has 0 bridgehead atoms. The molecule has 0 heterocycles. The Labute approximate surface area is 287 Å². The molecule has 0 spiro atoms. The molecule has 2 aromatic rings. The summed E-state index contributed by atoms with van der Waals surface area (Å²) in [6.45, 7) is 7.68. The van der Waals surface area contributed by atoms with Gasteiger partial charge in [0.2, 0.25) is 11.8 Å². The zero-order valence-corrected chi connectivity index (χ0v) is 30.5. The maximum Gasteiger partial charge on any atom is 0.319 e. The molecule has 0 unspecified atom stereocenters. The molecule has 46 heavy (non-hydrogen) atoms. The fourth-order valence-corrected chi connectivity index (χ4v) is 5.18. The van der Waals surface area contributed by atoms with Crippen molar-refractivity contribution in [2.75, 3.05) is 36.9 Å². The average molecular weight is 790 g/mol. The van der Waals surface area contributed by atoms with Gasteiger partial charge in [-0.3, -0.25) is 14.2 Å². The molecule has 0 saturated heterocycles. The Morgan fingerprint density at radius 2 is 1.00 bits per heavy atom. The maximum atomic E-state index is 12.7. The van der Waals surface area contributed by atoms with Crippen molar-refractivity contribution in [3.8, 4) is 0 Å². The Balaban J connectivity index is 1.69. The molecule has 13 nitrogen and oxygen atoms in total. The molecular weight excluding hydrogens is 747 g/mol. The van der Waals surface area contributed by atoms with Crippen molar-refractivity contribution in [2.45, 2.75) is 52.6 Å². The molecule has 0 saturated carbocycles. The molecule has 6 amide bonds. The number of halogens is 2. The number of amides is 6. The maximum absolute atomic E-state index is 12.7. The normalized spacial score (nSPS) is 12.4. The monoisotopic (exact) mass is 788 g/mol. The van der Waals surface area contributed by atoms with Crippen LogP contribution in [0, 0.1) is 11.8 Å². The lowest BCUT2D eigenvalue weighted by Crippen LogP contribution is -2.49. The molecule has 0 aromatic heterocycles. The highest BCUT2D eigenvalue weighted by Crippen LogP contribution is 2.22. The Hall–Kier alpha value is -2.97. The number of carbonyl (C=O) groups excluding carboxylic acids is 4. The van der Waals surface area contributed by atoms with Crippen LogP contribution in [-0.2, 0) is 23.2 Å². The molecule has 0 aliphatic heterocycles. The summed E-state index contributed by atoms with van der Waals surface area (Å²) < 4.78 is 24.2. The molecule has 2 rings (SSSR count). The first-order valence-electron chi connectivity index (χ1n) is 14.8. The van der Waals surface area contributed by atoms with E-state index in [-0.39, 0.29) is 38.1 Å². The van der Waals surface area contributed by atoms with Gasteiger partial charge in [-0.1, -0.05) is 59.6 Å². The zero-order chi connectivity index (χ0) is 34.1. The van der Waals surface area contributed by atoms with E-state index in [9.17, 15) is 23.7 Å². The fraction of sp³-hybridized carbons (Fsp3) is 0.467. The predicted octanol–water partition coefficient (Wildman–Crippen LogP) is 5.64.